The first-order valence-electron chi connectivity index (χ1n) is 10.1. The molecule has 1 fully saturated rings. The van der Waals surface area contributed by atoms with Gasteiger partial charge in [0.1, 0.15) is 23.7 Å². The molecule has 0 radical (unpaired) electrons. The van der Waals surface area contributed by atoms with E-state index in [9.17, 15) is 9.90 Å². The maximum Gasteiger partial charge on any atom is 0.234 e. The number of piperidine rings is 1. The van der Waals surface area contributed by atoms with Crippen LogP contribution in [0.1, 0.15) is 24.0 Å². The number of methoxy groups -OCH3 is 1. The van der Waals surface area contributed by atoms with Crippen molar-refractivity contribution in [2.24, 2.45) is 0 Å². The molecule has 1 amide bonds. The smallest absolute Gasteiger partial charge is 0.234 e. The second-order valence-electron chi connectivity index (χ2n) is 7.85. The molecular formula is C23H29ClN2O4. The Kier molecular flexibility index (Phi) is 7.58. The van der Waals surface area contributed by atoms with Crippen molar-refractivity contribution in [1.82, 2.24) is 10.2 Å². The molecule has 0 spiro atoms. The summed E-state index contributed by atoms with van der Waals surface area (Å²) in [5.41, 5.74) is 0.944. The number of β-amino-alcohol motifs (C(OH)–C–C–N with tert-alkyl or cyclic N) is 1. The zero-order chi connectivity index (χ0) is 21.6. The summed E-state index contributed by atoms with van der Waals surface area (Å²) >= 11 is 6.18. The zero-order valence-electron chi connectivity index (χ0n) is 17.5. The van der Waals surface area contributed by atoms with Crippen molar-refractivity contribution in [1.29, 1.82) is 0 Å². The largest absolute Gasteiger partial charge is 0.496 e. The number of carbonyl (C=O) groups is 1. The van der Waals surface area contributed by atoms with Gasteiger partial charge in [0.2, 0.25) is 5.91 Å². The number of hydrogen-bond donors (Lipinski definition) is 2. The van der Waals surface area contributed by atoms with Crippen LogP contribution in [0, 0.1) is 6.92 Å². The van der Waals surface area contributed by atoms with E-state index in [1.165, 1.54) is 0 Å². The summed E-state index contributed by atoms with van der Waals surface area (Å²) in [6, 6.07) is 13.2. The molecule has 2 N–H and O–H groups in total. The van der Waals surface area contributed by atoms with Gasteiger partial charge in [-0.25, -0.2) is 0 Å². The van der Waals surface area contributed by atoms with Gasteiger partial charge in [0.05, 0.1) is 18.7 Å². The van der Waals surface area contributed by atoms with Crippen molar-refractivity contribution in [2.75, 3.05) is 33.4 Å². The van der Waals surface area contributed by atoms with Crippen molar-refractivity contribution in [2.45, 2.75) is 31.9 Å². The Balaban J connectivity index is 1.51. The second kappa shape index (κ2) is 10.2. The van der Waals surface area contributed by atoms with E-state index in [1.807, 2.05) is 48.2 Å². The average molecular weight is 433 g/mol. The maximum absolute atomic E-state index is 12.4. The molecule has 1 heterocycles. The molecule has 2 aromatic rings. The first-order valence-corrected chi connectivity index (χ1v) is 10.5. The lowest BCUT2D eigenvalue weighted by Crippen LogP contribution is -2.53. The molecule has 1 saturated heterocycles. The highest BCUT2D eigenvalue weighted by atomic mass is 35.5. The molecule has 7 heteroatoms. The van der Waals surface area contributed by atoms with Crippen molar-refractivity contribution >= 4 is 17.5 Å². The summed E-state index contributed by atoms with van der Waals surface area (Å²) in [6.45, 7) is 3.85. The van der Waals surface area contributed by atoms with E-state index >= 15 is 0 Å². The van der Waals surface area contributed by atoms with Crippen LogP contribution in [0.3, 0.4) is 0 Å². The number of hydrogen-bond acceptors (Lipinski definition) is 5. The second-order valence-corrected chi connectivity index (χ2v) is 8.26. The van der Waals surface area contributed by atoms with Crippen molar-refractivity contribution in [3.8, 4) is 11.5 Å². The van der Waals surface area contributed by atoms with Gasteiger partial charge >= 0.3 is 0 Å². The van der Waals surface area contributed by atoms with E-state index < -0.39 is 5.60 Å². The molecule has 0 bridgehead atoms. The molecule has 6 nitrogen and oxygen atoms in total. The monoisotopic (exact) mass is 432 g/mol. The van der Waals surface area contributed by atoms with Crippen LogP contribution in [0.2, 0.25) is 5.02 Å². The number of aliphatic hydroxyl groups is 1. The van der Waals surface area contributed by atoms with E-state index in [-0.39, 0.29) is 19.1 Å². The molecule has 1 aliphatic heterocycles. The highest BCUT2D eigenvalue weighted by Crippen LogP contribution is 2.28. The summed E-state index contributed by atoms with van der Waals surface area (Å²) in [5, 5.41) is 14.4. The summed E-state index contributed by atoms with van der Waals surface area (Å²) < 4.78 is 11.1. The molecule has 162 valence electrons. The number of halogens is 1. The minimum Gasteiger partial charge on any atom is -0.496 e. The van der Waals surface area contributed by atoms with Crippen LogP contribution in [0.4, 0.5) is 0 Å². The Bertz CT molecular complexity index is 876. The molecular weight excluding hydrogens is 404 g/mol. The Labute approximate surface area is 182 Å². The Morgan fingerprint density at radius 1 is 1.27 bits per heavy atom. The van der Waals surface area contributed by atoms with E-state index in [4.69, 9.17) is 21.1 Å². The Hall–Kier alpha value is -2.28. The fourth-order valence-electron chi connectivity index (χ4n) is 3.69. The number of nitrogens with zero attached hydrogens (tertiary/aromatic N) is 1. The Morgan fingerprint density at radius 2 is 2.07 bits per heavy atom. The first kappa shape index (κ1) is 22.4. The van der Waals surface area contributed by atoms with Gasteiger partial charge in [-0.15, -0.1) is 0 Å². The van der Waals surface area contributed by atoms with Crippen LogP contribution < -0.4 is 14.8 Å². The van der Waals surface area contributed by atoms with Crippen LogP contribution in [0.15, 0.2) is 42.5 Å². The SMILES string of the molecule is COc1ccccc1CNC(=O)CN1CCCC(O)(COc2cc(C)ccc2Cl)C1. The lowest BCUT2D eigenvalue weighted by molar-refractivity contribution is -0.124. The van der Waals surface area contributed by atoms with Crippen LogP contribution in [0.5, 0.6) is 11.5 Å². The van der Waals surface area contributed by atoms with Crippen molar-refractivity contribution < 1.29 is 19.4 Å². The first-order chi connectivity index (χ1) is 14.4. The van der Waals surface area contributed by atoms with Crippen molar-refractivity contribution in [3.05, 3.63) is 58.6 Å². The molecule has 1 unspecified atom stereocenters. The molecule has 0 aromatic heterocycles. The van der Waals surface area contributed by atoms with Gasteiger partial charge in [0.15, 0.2) is 0 Å². The summed E-state index contributed by atoms with van der Waals surface area (Å²) in [5.74, 6) is 1.22. The Morgan fingerprint density at radius 3 is 2.87 bits per heavy atom. The third kappa shape index (κ3) is 6.11. The predicted octanol–water partition coefficient (Wildman–Crippen LogP) is 3.18. The third-order valence-corrected chi connectivity index (χ3v) is 5.57. The van der Waals surface area contributed by atoms with E-state index in [2.05, 4.69) is 5.32 Å². The number of ether oxygens (including phenoxy) is 2. The highest BCUT2D eigenvalue weighted by Gasteiger charge is 2.35. The van der Waals surface area contributed by atoms with E-state index in [0.29, 0.717) is 30.3 Å². The standard InChI is InChI=1S/C23H29ClN2O4/c1-17-8-9-19(24)21(12-17)30-16-23(28)10-5-11-26(15-23)14-22(27)25-13-18-6-3-4-7-20(18)29-2/h3-4,6-9,12,28H,5,10-11,13-16H2,1-2H3,(H,25,27). The topological polar surface area (TPSA) is 71.0 Å². The molecule has 0 aliphatic carbocycles. The molecule has 3 rings (SSSR count). The van der Waals surface area contributed by atoms with Gasteiger partial charge in [0.25, 0.3) is 0 Å². The van der Waals surface area contributed by atoms with Gasteiger partial charge < -0.3 is 19.9 Å². The zero-order valence-corrected chi connectivity index (χ0v) is 18.2. The third-order valence-electron chi connectivity index (χ3n) is 5.25. The lowest BCUT2D eigenvalue weighted by Gasteiger charge is -2.38. The molecule has 2 aromatic carbocycles. The van der Waals surface area contributed by atoms with Gasteiger partial charge in [-0.3, -0.25) is 9.69 Å². The minimum atomic E-state index is -1.02. The number of carbonyl (C=O) groups excluding carboxylic acids is 1. The average Bonchev–Trinajstić information content (AvgIpc) is 2.73. The number of aryl methyl sites for hydroxylation is 1. The quantitative estimate of drug-likeness (QED) is 0.670. The summed E-state index contributed by atoms with van der Waals surface area (Å²) in [7, 11) is 1.61. The number of rotatable bonds is 8. The molecule has 0 saturated carbocycles. The molecule has 1 atom stereocenters. The van der Waals surface area contributed by atoms with Gasteiger partial charge in [-0.1, -0.05) is 35.9 Å². The van der Waals surface area contributed by atoms with Crippen LogP contribution in [-0.2, 0) is 11.3 Å². The predicted molar refractivity (Wildman–Crippen MR) is 117 cm³/mol. The van der Waals surface area contributed by atoms with Gasteiger partial charge in [-0.05, 0) is 50.1 Å². The van der Waals surface area contributed by atoms with Gasteiger partial charge in [-0.2, -0.15) is 0 Å². The minimum absolute atomic E-state index is 0.0900. The maximum atomic E-state index is 12.4. The van der Waals surface area contributed by atoms with Crippen LogP contribution in [-0.4, -0.2) is 54.9 Å². The van der Waals surface area contributed by atoms with Crippen molar-refractivity contribution in [3.63, 3.8) is 0 Å². The normalized spacial score (nSPS) is 19.3. The number of likely N-dealkylation sites (tertiary alicyclic amines) is 1. The fourth-order valence-corrected chi connectivity index (χ4v) is 3.87. The van der Waals surface area contributed by atoms with Crippen LogP contribution >= 0.6 is 11.6 Å². The number of para-hydroxylation sites is 1. The van der Waals surface area contributed by atoms with Gasteiger partial charge in [0, 0.05) is 18.7 Å². The summed E-state index contributed by atoms with van der Waals surface area (Å²) in [4.78, 5) is 14.4. The van der Waals surface area contributed by atoms with Crippen LogP contribution in [0.25, 0.3) is 0 Å². The number of benzene rings is 2. The molecule has 1 aliphatic rings. The number of nitrogens with one attached hydrogen (secondary N) is 1. The lowest BCUT2D eigenvalue weighted by atomic mass is 9.93. The van der Waals surface area contributed by atoms with E-state index in [1.54, 1.807) is 13.2 Å². The summed E-state index contributed by atoms with van der Waals surface area (Å²) in [6.07, 6.45) is 1.41. The molecule has 30 heavy (non-hydrogen) atoms. The highest BCUT2D eigenvalue weighted by molar-refractivity contribution is 6.32. The van der Waals surface area contributed by atoms with E-state index in [0.717, 1.165) is 29.8 Å². The fraction of sp³-hybridized carbons (Fsp3) is 0.435. The number of amides is 1.